The van der Waals surface area contributed by atoms with Gasteiger partial charge < -0.3 is 4.90 Å². The molecule has 0 aromatic carbocycles. The van der Waals surface area contributed by atoms with E-state index in [1.807, 2.05) is 6.07 Å². The van der Waals surface area contributed by atoms with E-state index >= 15 is 0 Å². The van der Waals surface area contributed by atoms with Crippen LogP contribution in [0, 0.1) is 5.41 Å². The average molecular weight is 332 g/mol. The highest BCUT2D eigenvalue weighted by atomic mass is 79.9. The van der Waals surface area contributed by atoms with Crippen LogP contribution in [-0.2, 0) is 0 Å². The Balaban J connectivity index is 2.10. The van der Waals surface area contributed by atoms with Gasteiger partial charge in [0, 0.05) is 19.3 Å². The smallest absolute Gasteiger partial charge is 0.142 e. The number of piperidine rings is 1. The lowest BCUT2D eigenvalue weighted by Crippen LogP contribution is -2.40. The summed E-state index contributed by atoms with van der Waals surface area (Å²) in [4.78, 5) is 6.81. The molecule has 1 aliphatic rings. The molecule has 1 aromatic heterocycles. The largest absolute Gasteiger partial charge is 0.356 e. The molecule has 2 heterocycles. The number of rotatable bonds is 3. The Morgan fingerprint density at radius 3 is 2.44 bits per heavy atom. The molecular weight excluding hydrogens is 312 g/mol. The number of anilines is 1. The van der Waals surface area contributed by atoms with Gasteiger partial charge in [-0.3, -0.25) is 0 Å². The lowest BCUT2D eigenvalue weighted by Gasteiger charge is -2.41. The molecule has 2 nitrogen and oxygen atoms in total. The van der Waals surface area contributed by atoms with Crippen molar-refractivity contribution in [1.29, 1.82) is 0 Å². The molecular formula is C14H20BrClN2. The van der Waals surface area contributed by atoms with Crippen molar-refractivity contribution in [1.82, 2.24) is 4.98 Å². The predicted molar refractivity (Wildman–Crippen MR) is 81.4 cm³/mol. The number of hydrogen-bond donors (Lipinski definition) is 0. The Morgan fingerprint density at radius 1 is 1.33 bits per heavy atom. The maximum absolute atomic E-state index is 5.94. The van der Waals surface area contributed by atoms with Crippen molar-refractivity contribution in [2.24, 2.45) is 5.41 Å². The highest BCUT2D eigenvalue weighted by Crippen LogP contribution is 2.40. The number of halogens is 2. The third-order valence-electron chi connectivity index (χ3n) is 4.41. The first-order valence-corrected chi connectivity index (χ1v) is 7.83. The second-order valence-electron chi connectivity index (χ2n) is 5.15. The molecule has 18 heavy (non-hydrogen) atoms. The summed E-state index contributed by atoms with van der Waals surface area (Å²) in [6, 6.07) is 1.92. The first kappa shape index (κ1) is 14.1. The summed E-state index contributed by atoms with van der Waals surface area (Å²) in [5.74, 6) is 1.03. The Bertz CT molecular complexity index is 408. The van der Waals surface area contributed by atoms with E-state index in [9.17, 15) is 0 Å². The van der Waals surface area contributed by atoms with Crippen LogP contribution in [0.5, 0.6) is 0 Å². The number of pyridine rings is 1. The van der Waals surface area contributed by atoms with Crippen molar-refractivity contribution in [3.8, 4) is 0 Å². The van der Waals surface area contributed by atoms with Gasteiger partial charge in [-0.2, -0.15) is 0 Å². The Morgan fingerprint density at radius 2 is 1.94 bits per heavy atom. The molecule has 1 aliphatic heterocycles. The van der Waals surface area contributed by atoms with Crippen LogP contribution in [0.3, 0.4) is 0 Å². The fourth-order valence-corrected chi connectivity index (χ4v) is 3.68. The van der Waals surface area contributed by atoms with E-state index in [2.05, 4.69) is 39.7 Å². The van der Waals surface area contributed by atoms with E-state index in [-0.39, 0.29) is 0 Å². The topological polar surface area (TPSA) is 16.1 Å². The van der Waals surface area contributed by atoms with Crippen LogP contribution < -0.4 is 4.90 Å². The first-order valence-electron chi connectivity index (χ1n) is 6.66. The molecule has 1 fully saturated rings. The molecule has 0 radical (unpaired) electrons. The van der Waals surface area contributed by atoms with Gasteiger partial charge in [0.2, 0.25) is 0 Å². The van der Waals surface area contributed by atoms with Crippen molar-refractivity contribution in [2.45, 2.75) is 39.5 Å². The van der Waals surface area contributed by atoms with Gasteiger partial charge >= 0.3 is 0 Å². The molecule has 0 amide bonds. The molecule has 1 saturated heterocycles. The molecule has 0 aliphatic carbocycles. The third kappa shape index (κ3) is 2.83. The standard InChI is InChI=1S/C14H20BrClN2/c1-3-14(4-2)5-7-18(8-6-14)13-12(15)9-11(16)10-17-13/h9-10H,3-8H2,1-2H3. The van der Waals surface area contributed by atoms with Crippen molar-refractivity contribution >= 4 is 33.3 Å². The monoisotopic (exact) mass is 330 g/mol. The van der Waals surface area contributed by atoms with Gasteiger partial charge in [0.05, 0.1) is 9.50 Å². The molecule has 4 heteroatoms. The van der Waals surface area contributed by atoms with Gasteiger partial charge in [-0.15, -0.1) is 0 Å². The minimum absolute atomic E-state index is 0.551. The zero-order chi connectivity index (χ0) is 13.2. The quantitative estimate of drug-likeness (QED) is 0.783. The van der Waals surface area contributed by atoms with E-state index in [0.717, 1.165) is 23.4 Å². The van der Waals surface area contributed by atoms with Gasteiger partial charge in [0.15, 0.2) is 0 Å². The summed E-state index contributed by atoms with van der Waals surface area (Å²) < 4.78 is 0.996. The lowest BCUT2D eigenvalue weighted by molar-refractivity contribution is 0.199. The minimum atomic E-state index is 0.551. The van der Waals surface area contributed by atoms with E-state index in [4.69, 9.17) is 11.6 Å². The van der Waals surface area contributed by atoms with Crippen LogP contribution >= 0.6 is 27.5 Å². The zero-order valence-electron chi connectivity index (χ0n) is 11.0. The molecule has 0 unspecified atom stereocenters. The maximum Gasteiger partial charge on any atom is 0.142 e. The van der Waals surface area contributed by atoms with Gasteiger partial charge in [-0.25, -0.2) is 4.98 Å². The normalized spacial score (nSPS) is 19.0. The summed E-state index contributed by atoms with van der Waals surface area (Å²) in [5, 5.41) is 0.680. The fraction of sp³-hybridized carbons (Fsp3) is 0.643. The van der Waals surface area contributed by atoms with Gasteiger partial charge in [0.25, 0.3) is 0 Å². The van der Waals surface area contributed by atoms with Crippen molar-refractivity contribution < 1.29 is 0 Å². The second kappa shape index (κ2) is 5.79. The Labute approximate surface area is 123 Å². The predicted octanol–water partition coefficient (Wildman–Crippen LogP) is 4.90. The van der Waals surface area contributed by atoms with Crippen LogP contribution in [0.15, 0.2) is 16.7 Å². The van der Waals surface area contributed by atoms with Crippen molar-refractivity contribution in [3.05, 3.63) is 21.8 Å². The third-order valence-corrected chi connectivity index (χ3v) is 5.20. The van der Waals surface area contributed by atoms with E-state index in [1.165, 1.54) is 25.7 Å². The molecule has 0 spiro atoms. The minimum Gasteiger partial charge on any atom is -0.356 e. The second-order valence-corrected chi connectivity index (χ2v) is 6.44. The molecule has 0 bridgehead atoms. The highest BCUT2D eigenvalue weighted by molar-refractivity contribution is 9.10. The van der Waals surface area contributed by atoms with Crippen LogP contribution in [0.2, 0.25) is 5.02 Å². The number of aromatic nitrogens is 1. The fourth-order valence-electron chi connectivity index (χ4n) is 2.79. The summed E-state index contributed by atoms with van der Waals surface area (Å²) in [7, 11) is 0. The summed E-state index contributed by atoms with van der Waals surface area (Å²) in [6.45, 7) is 6.81. The highest BCUT2D eigenvalue weighted by Gasteiger charge is 2.32. The van der Waals surface area contributed by atoms with Crippen LogP contribution in [-0.4, -0.2) is 18.1 Å². The van der Waals surface area contributed by atoms with Gasteiger partial charge in [0.1, 0.15) is 5.82 Å². The molecule has 0 atom stereocenters. The maximum atomic E-state index is 5.94. The number of hydrogen-bond acceptors (Lipinski definition) is 2. The van der Waals surface area contributed by atoms with Gasteiger partial charge in [-0.05, 0) is 40.3 Å². The average Bonchev–Trinajstić information content (AvgIpc) is 2.39. The molecule has 0 N–H and O–H groups in total. The van der Waals surface area contributed by atoms with Crippen LogP contribution in [0.25, 0.3) is 0 Å². The summed E-state index contributed by atoms with van der Waals surface area (Å²) >= 11 is 9.49. The zero-order valence-corrected chi connectivity index (χ0v) is 13.4. The Hall–Kier alpha value is -0.280. The van der Waals surface area contributed by atoms with E-state index < -0.39 is 0 Å². The lowest BCUT2D eigenvalue weighted by atomic mass is 9.74. The summed E-state index contributed by atoms with van der Waals surface area (Å²) in [5.41, 5.74) is 0.551. The van der Waals surface area contributed by atoms with Crippen LogP contribution in [0.1, 0.15) is 39.5 Å². The SMILES string of the molecule is CCC1(CC)CCN(c2ncc(Cl)cc2Br)CC1. The van der Waals surface area contributed by atoms with Crippen molar-refractivity contribution in [2.75, 3.05) is 18.0 Å². The molecule has 0 saturated carbocycles. The van der Waals surface area contributed by atoms with Crippen LogP contribution in [0.4, 0.5) is 5.82 Å². The van der Waals surface area contributed by atoms with Crippen molar-refractivity contribution in [3.63, 3.8) is 0 Å². The summed E-state index contributed by atoms with van der Waals surface area (Å²) in [6.07, 6.45) is 6.82. The Kier molecular flexibility index (Phi) is 4.54. The molecule has 100 valence electrons. The van der Waals surface area contributed by atoms with Gasteiger partial charge in [-0.1, -0.05) is 38.3 Å². The number of nitrogens with zero attached hydrogens (tertiary/aromatic N) is 2. The first-order chi connectivity index (χ1) is 8.60. The van der Waals surface area contributed by atoms with E-state index in [1.54, 1.807) is 6.20 Å². The molecule has 2 rings (SSSR count). The molecule has 1 aromatic rings. The van der Waals surface area contributed by atoms with E-state index in [0.29, 0.717) is 10.4 Å².